The number of likely N-dealkylation sites (N-methyl/N-ethyl adjacent to an activating group) is 1. The van der Waals surface area contributed by atoms with Crippen LogP contribution in [0.2, 0.25) is 5.02 Å². The summed E-state index contributed by atoms with van der Waals surface area (Å²) in [5, 5.41) is 3.63. The summed E-state index contributed by atoms with van der Waals surface area (Å²) < 4.78 is 12.9. The van der Waals surface area contributed by atoms with Gasteiger partial charge in [-0.25, -0.2) is 4.39 Å². The average Bonchev–Trinajstić information content (AvgIpc) is 2.51. The Morgan fingerprint density at radius 1 is 1.09 bits per heavy atom. The van der Waals surface area contributed by atoms with Gasteiger partial charge in [0.2, 0.25) is 0 Å². The average molecular weight is 336 g/mol. The van der Waals surface area contributed by atoms with Crippen LogP contribution in [-0.4, -0.2) is 26.0 Å². The van der Waals surface area contributed by atoms with Gasteiger partial charge in [-0.3, -0.25) is 4.79 Å². The lowest BCUT2D eigenvalue weighted by atomic mass is 10.1. The van der Waals surface area contributed by atoms with Crippen LogP contribution in [-0.2, 0) is 17.8 Å². The Labute approximate surface area is 141 Å². The molecule has 122 valence electrons. The fraction of sp³-hybridized carbons (Fsp3) is 0.278. The SMILES string of the molecule is C[NH+](CC(=O)NCCc1ccc(Cl)cc1)Cc1ccc(F)cc1. The molecule has 0 aliphatic heterocycles. The lowest BCUT2D eigenvalue weighted by molar-refractivity contribution is -0.885. The van der Waals surface area contributed by atoms with Crippen LogP contribution in [0.4, 0.5) is 4.39 Å². The molecule has 2 aromatic carbocycles. The van der Waals surface area contributed by atoms with Crippen molar-refractivity contribution in [1.29, 1.82) is 0 Å². The Morgan fingerprint density at radius 2 is 1.70 bits per heavy atom. The van der Waals surface area contributed by atoms with Gasteiger partial charge in [0.15, 0.2) is 6.54 Å². The van der Waals surface area contributed by atoms with Gasteiger partial charge < -0.3 is 10.2 Å². The summed E-state index contributed by atoms with van der Waals surface area (Å²) in [6.07, 6.45) is 0.778. The van der Waals surface area contributed by atoms with Crippen molar-refractivity contribution >= 4 is 17.5 Å². The second kappa shape index (κ2) is 8.65. The van der Waals surface area contributed by atoms with E-state index in [2.05, 4.69) is 5.32 Å². The number of rotatable bonds is 7. The molecule has 1 unspecified atom stereocenters. The van der Waals surface area contributed by atoms with Gasteiger partial charge in [-0.1, -0.05) is 35.9 Å². The smallest absolute Gasteiger partial charge is 0.275 e. The molecule has 0 spiro atoms. The molecule has 1 amide bonds. The van der Waals surface area contributed by atoms with Crippen LogP contribution in [0.1, 0.15) is 11.1 Å². The molecule has 2 N–H and O–H groups in total. The van der Waals surface area contributed by atoms with E-state index < -0.39 is 0 Å². The van der Waals surface area contributed by atoms with E-state index in [9.17, 15) is 9.18 Å². The molecule has 0 aliphatic carbocycles. The predicted octanol–water partition coefficient (Wildman–Crippen LogP) is 1.85. The number of hydrogen-bond donors (Lipinski definition) is 2. The number of benzene rings is 2. The highest BCUT2D eigenvalue weighted by molar-refractivity contribution is 6.30. The van der Waals surface area contributed by atoms with Crippen LogP contribution < -0.4 is 10.2 Å². The fourth-order valence-electron chi connectivity index (χ4n) is 2.35. The molecule has 0 heterocycles. The number of amides is 1. The monoisotopic (exact) mass is 335 g/mol. The van der Waals surface area contributed by atoms with Crippen LogP contribution in [0.25, 0.3) is 0 Å². The second-order valence-electron chi connectivity index (χ2n) is 5.66. The number of carbonyl (C=O) groups excluding carboxylic acids is 1. The molecular formula is C18H21ClFN2O+. The molecule has 2 rings (SSSR count). The van der Waals surface area contributed by atoms with Gasteiger partial charge in [0.25, 0.3) is 5.91 Å². The minimum Gasteiger partial charge on any atom is -0.351 e. The van der Waals surface area contributed by atoms with E-state index in [4.69, 9.17) is 11.6 Å². The summed E-state index contributed by atoms with van der Waals surface area (Å²) in [5.74, 6) is -0.232. The first-order valence-electron chi connectivity index (χ1n) is 7.60. The molecule has 0 aromatic heterocycles. The second-order valence-corrected chi connectivity index (χ2v) is 6.10. The highest BCUT2D eigenvalue weighted by atomic mass is 35.5. The third kappa shape index (κ3) is 6.38. The first-order chi connectivity index (χ1) is 11.0. The normalized spacial score (nSPS) is 12.0. The van der Waals surface area contributed by atoms with Crippen molar-refractivity contribution in [3.63, 3.8) is 0 Å². The van der Waals surface area contributed by atoms with Crippen molar-refractivity contribution in [2.75, 3.05) is 20.1 Å². The Kier molecular flexibility index (Phi) is 6.56. The van der Waals surface area contributed by atoms with Crippen LogP contribution >= 0.6 is 11.6 Å². The minimum absolute atomic E-state index is 0.0126. The maximum absolute atomic E-state index is 12.9. The summed E-state index contributed by atoms with van der Waals surface area (Å²) in [7, 11) is 1.95. The van der Waals surface area contributed by atoms with Crippen molar-refractivity contribution < 1.29 is 14.1 Å². The van der Waals surface area contributed by atoms with Crippen molar-refractivity contribution in [3.05, 3.63) is 70.5 Å². The topological polar surface area (TPSA) is 33.5 Å². The number of hydrogen-bond acceptors (Lipinski definition) is 1. The molecule has 0 saturated heterocycles. The van der Waals surface area contributed by atoms with Gasteiger partial charge in [0.05, 0.1) is 7.05 Å². The molecule has 0 saturated carbocycles. The molecular weight excluding hydrogens is 315 g/mol. The lowest BCUT2D eigenvalue weighted by Crippen LogP contribution is -3.08. The van der Waals surface area contributed by atoms with Crippen LogP contribution in [0.5, 0.6) is 0 Å². The molecule has 5 heteroatoms. The Balaban J connectivity index is 1.69. The summed E-state index contributed by atoms with van der Waals surface area (Å²) >= 11 is 5.84. The molecule has 3 nitrogen and oxygen atoms in total. The van der Waals surface area contributed by atoms with E-state index in [-0.39, 0.29) is 11.7 Å². The van der Waals surface area contributed by atoms with E-state index in [0.29, 0.717) is 24.7 Å². The van der Waals surface area contributed by atoms with E-state index in [0.717, 1.165) is 22.4 Å². The van der Waals surface area contributed by atoms with Crippen molar-refractivity contribution in [1.82, 2.24) is 5.32 Å². The summed E-state index contributed by atoms with van der Waals surface area (Å²) in [6, 6.07) is 14.0. The Bertz CT molecular complexity index is 628. The van der Waals surface area contributed by atoms with Gasteiger partial charge in [-0.05, 0) is 36.2 Å². The highest BCUT2D eigenvalue weighted by Gasteiger charge is 2.10. The van der Waals surface area contributed by atoms with Crippen molar-refractivity contribution in [2.45, 2.75) is 13.0 Å². The molecule has 0 fully saturated rings. The molecule has 1 atom stereocenters. The summed E-state index contributed by atoms with van der Waals surface area (Å²) in [4.78, 5) is 13.0. The van der Waals surface area contributed by atoms with Crippen molar-refractivity contribution in [3.8, 4) is 0 Å². The summed E-state index contributed by atoms with van der Waals surface area (Å²) in [6.45, 7) is 1.67. The standard InChI is InChI=1S/C18H20ClFN2O/c1-22(12-15-4-8-17(20)9-5-15)13-18(23)21-11-10-14-2-6-16(19)7-3-14/h2-9H,10-13H2,1H3,(H,21,23)/p+1. The van der Waals surface area contributed by atoms with E-state index in [1.54, 1.807) is 12.1 Å². The van der Waals surface area contributed by atoms with Gasteiger partial charge in [0.1, 0.15) is 12.4 Å². The maximum atomic E-state index is 12.9. The largest absolute Gasteiger partial charge is 0.351 e. The molecule has 0 bridgehead atoms. The Hall–Kier alpha value is -1.91. The zero-order chi connectivity index (χ0) is 16.7. The van der Waals surface area contributed by atoms with E-state index in [1.807, 2.05) is 31.3 Å². The van der Waals surface area contributed by atoms with Gasteiger partial charge in [-0.2, -0.15) is 0 Å². The summed E-state index contributed by atoms with van der Waals surface area (Å²) in [5.41, 5.74) is 2.15. The van der Waals surface area contributed by atoms with Gasteiger partial charge in [-0.15, -0.1) is 0 Å². The first-order valence-corrected chi connectivity index (χ1v) is 7.97. The minimum atomic E-state index is -0.244. The van der Waals surface area contributed by atoms with Crippen molar-refractivity contribution in [2.24, 2.45) is 0 Å². The number of nitrogens with one attached hydrogen (secondary N) is 2. The first kappa shape index (κ1) is 17.4. The Morgan fingerprint density at radius 3 is 2.35 bits per heavy atom. The number of halogens is 2. The zero-order valence-corrected chi connectivity index (χ0v) is 13.9. The molecule has 2 aromatic rings. The third-order valence-corrected chi connectivity index (χ3v) is 3.78. The van der Waals surface area contributed by atoms with Crippen LogP contribution in [0, 0.1) is 5.82 Å². The zero-order valence-electron chi connectivity index (χ0n) is 13.1. The molecule has 0 radical (unpaired) electrons. The van der Waals surface area contributed by atoms with E-state index >= 15 is 0 Å². The number of quaternary nitrogens is 1. The third-order valence-electron chi connectivity index (χ3n) is 3.53. The van der Waals surface area contributed by atoms with Gasteiger partial charge in [0, 0.05) is 17.1 Å². The molecule has 0 aliphatic rings. The fourth-order valence-corrected chi connectivity index (χ4v) is 2.47. The maximum Gasteiger partial charge on any atom is 0.275 e. The lowest BCUT2D eigenvalue weighted by Gasteiger charge is -2.14. The van der Waals surface area contributed by atoms with Gasteiger partial charge >= 0.3 is 0 Å². The molecule has 23 heavy (non-hydrogen) atoms. The van der Waals surface area contributed by atoms with E-state index in [1.165, 1.54) is 12.1 Å². The quantitative estimate of drug-likeness (QED) is 0.795. The highest BCUT2D eigenvalue weighted by Crippen LogP contribution is 2.09. The predicted molar refractivity (Wildman–Crippen MR) is 90.0 cm³/mol. The van der Waals surface area contributed by atoms with Crippen LogP contribution in [0.15, 0.2) is 48.5 Å². The number of carbonyl (C=O) groups is 1. The van der Waals surface area contributed by atoms with Crippen LogP contribution in [0.3, 0.4) is 0 Å².